The summed E-state index contributed by atoms with van der Waals surface area (Å²) in [5, 5.41) is 0. The van der Waals surface area contributed by atoms with Crippen LogP contribution in [0.1, 0.15) is 120 Å². The van der Waals surface area contributed by atoms with E-state index >= 15 is 0 Å². The number of unbranched alkanes of at least 4 members (excludes halogenated alkanes) is 11. The Balaban J connectivity index is 1.36. The Hall–Kier alpha value is -1.05. The van der Waals surface area contributed by atoms with Crippen LogP contribution in [0.2, 0.25) is 0 Å². The largest absolute Gasteiger partial charge is 0.346 e. The first-order chi connectivity index (χ1) is 12.9. The first-order valence-electron chi connectivity index (χ1n) is 11.6. The Morgan fingerprint density at radius 1 is 0.769 bits per heavy atom. The van der Waals surface area contributed by atoms with Gasteiger partial charge in [-0.05, 0) is 57.8 Å². The number of H-pyrrole nitrogens is 1. The zero-order chi connectivity index (χ0) is 18.3. The molecule has 0 amide bonds. The number of aromatic amines is 1. The smallest absolute Gasteiger partial charge is 0.106 e. The van der Waals surface area contributed by atoms with Gasteiger partial charge in [0.25, 0.3) is 0 Å². The van der Waals surface area contributed by atoms with Crippen LogP contribution in [-0.4, -0.2) is 9.97 Å². The minimum Gasteiger partial charge on any atom is -0.346 e. The van der Waals surface area contributed by atoms with Crippen LogP contribution in [0.4, 0.5) is 0 Å². The fourth-order valence-electron chi connectivity index (χ4n) is 3.99. The van der Waals surface area contributed by atoms with Crippen molar-refractivity contribution in [3.05, 3.63) is 29.4 Å². The number of rotatable bonds is 15. The van der Waals surface area contributed by atoms with E-state index < -0.39 is 0 Å². The quantitative estimate of drug-likeness (QED) is 0.255. The van der Waals surface area contributed by atoms with Crippen LogP contribution in [0, 0.1) is 0 Å². The van der Waals surface area contributed by atoms with Crippen LogP contribution >= 0.6 is 0 Å². The van der Waals surface area contributed by atoms with Crippen molar-refractivity contribution in [2.75, 3.05) is 0 Å². The number of nitrogens with zero attached hydrogens (tertiary/aromatic N) is 1. The highest BCUT2D eigenvalue weighted by molar-refractivity contribution is 5.17. The molecule has 1 aromatic rings. The molecule has 0 atom stereocenters. The molecule has 1 aliphatic rings. The second-order valence-corrected chi connectivity index (χ2v) is 8.15. The summed E-state index contributed by atoms with van der Waals surface area (Å²) in [7, 11) is 0. The summed E-state index contributed by atoms with van der Waals surface area (Å²) < 4.78 is 0. The Labute approximate surface area is 162 Å². The van der Waals surface area contributed by atoms with Crippen LogP contribution in [0.3, 0.4) is 0 Å². The molecule has 1 N–H and O–H groups in total. The maximum atomic E-state index is 4.79. The SMILES string of the molecule is CCCCCCCC/C=C/CCCCCCCc1nc2c([nH]1)CCCC2. The predicted octanol–water partition coefficient (Wildman–Crippen LogP) is 7.48. The van der Waals surface area contributed by atoms with Crippen molar-refractivity contribution < 1.29 is 0 Å². The van der Waals surface area contributed by atoms with E-state index in [1.54, 1.807) is 0 Å². The Kier molecular flexibility index (Phi) is 11.5. The van der Waals surface area contributed by atoms with Gasteiger partial charge in [0.15, 0.2) is 0 Å². The normalized spacial score (nSPS) is 14.2. The number of imidazole rings is 1. The summed E-state index contributed by atoms with van der Waals surface area (Å²) in [5.41, 5.74) is 2.79. The van der Waals surface area contributed by atoms with Gasteiger partial charge in [-0.3, -0.25) is 0 Å². The minimum atomic E-state index is 1.14. The Morgan fingerprint density at radius 3 is 2.08 bits per heavy atom. The summed E-state index contributed by atoms with van der Waals surface area (Å²) in [6.07, 6.45) is 28.8. The van der Waals surface area contributed by atoms with E-state index in [1.165, 1.54) is 126 Å². The van der Waals surface area contributed by atoms with Gasteiger partial charge in [0.1, 0.15) is 5.82 Å². The van der Waals surface area contributed by atoms with Crippen LogP contribution in [0.5, 0.6) is 0 Å². The molecule has 0 radical (unpaired) electrons. The molecule has 1 heterocycles. The molecule has 0 saturated heterocycles. The molecule has 2 nitrogen and oxygen atoms in total. The summed E-state index contributed by atoms with van der Waals surface area (Å²) in [4.78, 5) is 8.35. The van der Waals surface area contributed by atoms with Gasteiger partial charge in [-0.1, -0.05) is 70.4 Å². The lowest BCUT2D eigenvalue weighted by Gasteiger charge is -2.07. The van der Waals surface area contributed by atoms with Crippen molar-refractivity contribution >= 4 is 0 Å². The lowest BCUT2D eigenvalue weighted by atomic mass is 10.0. The van der Waals surface area contributed by atoms with Crippen molar-refractivity contribution in [1.29, 1.82) is 0 Å². The molecule has 26 heavy (non-hydrogen) atoms. The molecule has 0 aliphatic heterocycles. The molecule has 0 spiro atoms. The third-order valence-corrected chi connectivity index (χ3v) is 5.68. The van der Waals surface area contributed by atoms with E-state index in [0.29, 0.717) is 0 Å². The van der Waals surface area contributed by atoms with Crippen LogP contribution in [-0.2, 0) is 19.3 Å². The van der Waals surface area contributed by atoms with Gasteiger partial charge in [0, 0.05) is 12.1 Å². The molecular formula is C24H42N2. The predicted molar refractivity (Wildman–Crippen MR) is 114 cm³/mol. The third kappa shape index (κ3) is 9.05. The van der Waals surface area contributed by atoms with Gasteiger partial charge in [0.05, 0.1) is 5.69 Å². The number of aryl methyl sites for hydroxylation is 3. The van der Waals surface area contributed by atoms with Gasteiger partial charge in [-0.15, -0.1) is 0 Å². The highest BCUT2D eigenvalue weighted by Gasteiger charge is 2.13. The molecular weight excluding hydrogens is 316 g/mol. The molecule has 1 aliphatic carbocycles. The topological polar surface area (TPSA) is 28.7 Å². The van der Waals surface area contributed by atoms with Crippen molar-refractivity contribution in [1.82, 2.24) is 9.97 Å². The Morgan fingerprint density at radius 2 is 1.38 bits per heavy atom. The average molecular weight is 359 g/mol. The maximum absolute atomic E-state index is 4.79. The molecule has 1 aromatic heterocycles. The number of allylic oxidation sites excluding steroid dienone is 2. The van der Waals surface area contributed by atoms with E-state index in [0.717, 1.165) is 6.42 Å². The van der Waals surface area contributed by atoms with Crippen LogP contribution in [0.15, 0.2) is 12.2 Å². The summed E-state index contributed by atoms with van der Waals surface area (Å²) in [6, 6.07) is 0. The number of hydrogen-bond acceptors (Lipinski definition) is 1. The summed E-state index contributed by atoms with van der Waals surface area (Å²) >= 11 is 0. The van der Waals surface area contributed by atoms with Crippen LogP contribution in [0.25, 0.3) is 0 Å². The first-order valence-corrected chi connectivity index (χ1v) is 11.6. The molecule has 2 heteroatoms. The second kappa shape index (κ2) is 14.1. The number of aromatic nitrogens is 2. The fraction of sp³-hybridized carbons (Fsp3) is 0.792. The molecule has 0 aromatic carbocycles. The van der Waals surface area contributed by atoms with Crippen molar-refractivity contribution in [2.45, 2.75) is 122 Å². The fourth-order valence-corrected chi connectivity index (χ4v) is 3.99. The standard InChI is InChI=1S/C24H42N2/c1-2-3-4-5-6-7-8-9-10-11-12-13-14-15-16-21-24-25-22-19-17-18-20-23(22)26-24/h9-10H,2-8,11-21H2,1H3,(H,25,26)/b10-9+. The maximum Gasteiger partial charge on any atom is 0.106 e. The Bertz CT molecular complexity index is 463. The number of hydrogen-bond donors (Lipinski definition) is 1. The molecule has 148 valence electrons. The highest BCUT2D eigenvalue weighted by atomic mass is 14.9. The van der Waals surface area contributed by atoms with E-state index in [4.69, 9.17) is 4.98 Å². The lowest BCUT2D eigenvalue weighted by Crippen LogP contribution is -2.00. The lowest BCUT2D eigenvalue weighted by molar-refractivity contribution is 0.606. The molecule has 0 bridgehead atoms. The zero-order valence-corrected chi connectivity index (χ0v) is 17.3. The highest BCUT2D eigenvalue weighted by Crippen LogP contribution is 2.19. The molecule has 2 rings (SSSR count). The van der Waals surface area contributed by atoms with Gasteiger partial charge in [0.2, 0.25) is 0 Å². The molecule has 0 fully saturated rings. The average Bonchev–Trinajstić information content (AvgIpc) is 3.07. The van der Waals surface area contributed by atoms with E-state index in [1.807, 2.05) is 0 Å². The van der Waals surface area contributed by atoms with Crippen molar-refractivity contribution in [2.24, 2.45) is 0 Å². The summed E-state index contributed by atoms with van der Waals surface area (Å²) in [6.45, 7) is 2.29. The van der Waals surface area contributed by atoms with Gasteiger partial charge in [-0.2, -0.15) is 0 Å². The first kappa shape index (κ1) is 21.3. The van der Waals surface area contributed by atoms with Crippen molar-refractivity contribution in [3.63, 3.8) is 0 Å². The zero-order valence-electron chi connectivity index (χ0n) is 17.3. The van der Waals surface area contributed by atoms with E-state index in [-0.39, 0.29) is 0 Å². The van der Waals surface area contributed by atoms with Crippen LogP contribution < -0.4 is 0 Å². The van der Waals surface area contributed by atoms with Gasteiger partial charge < -0.3 is 4.98 Å². The monoisotopic (exact) mass is 358 g/mol. The third-order valence-electron chi connectivity index (χ3n) is 5.68. The molecule has 0 unspecified atom stereocenters. The number of nitrogens with one attached hydrogen (secondary N) is 1. The minimum absolute atomic E-state index is 1.14. The van der Waals surface area contributed by atoms with Gasteiger partial charge in [-0.25, -0.2) is 4.98 Å². The molecule has 0 saturated carbocycles. The second-order valence-electron chi connectivity index (χ2n) is 8.15. The number of fused-ring (bicyclic) bond motifs is 1. The van der Waals surface area contributed by atoms with E-state index in [9.17, 15) is 0 Å². The summed E-state index contributed by atoms with van der Waals surface area (Å²) in [5.74, 6) is 1.24. The van der Waals surface area contributed by atoms with E-state index in [2.05, 4.69) is 24.1 Å². The van der Waals surface area contributed by atoms with Crippen molar-refractivity contribution in [3.8, 4) is 0 Å². The van der Waals surface area contributed by atoms with Gasteiger partial charge >= 0.3 is 0 Å².